The number of nitrogens with one attached hydrogen (secondary N) is 1. The Bertz CT molecular complexity index is 726. The summed E-state index contributed by atoms with van der Waals surface area (Å²) in [6, 6.07) is 2.17. The molecule has 2 aliphatic rings. The molecule has 1 aliphatic carbocycles. The normalized spacial score (nSPS) is 29.4. The lowest BCUT2D eigenvalue weighted by molar-refractivity contribution is -0.108. The van der Waals surface area contributed by atoms with E-state index in [1.807, 2.05) is 24.7 Å². The van der Waals surface area contributed by atoms with Gasteiger partial charge in [0.2, 0.25) is 0 Å². The maximum absolute atomic E-state index is 12.6. The molecule has 2 aromatic heterocycles. The van der Waals surface area contributed by atoms with Gasteiger partial charge in [0.05, 0.1) is 16.7 Å². The molecule has 0 aromatic carbocycles. The fraction of sp³-hybridized carbons (Fsp3) is 0.625. The summed E-state index contributed by atoms with van der Waals surface area (Å²) in [6.45, 7) is 7.16. The van der Waals surface area contributed by atoms with E-state index >= 15 is 0 Å². The molecule has 1 saturated heterocycles. The van der Waals surface area contributed by atoms with Crippen molar-refractivity contribution in [1.82, 2.24) is 15.1 Å². The fourth-order valence-electron chi connectivity index (χ4n) is 4.15. The Morgan fingerprint density at radius 2 is 2.32 bits per heavy atom. The molecule has 22 heavy (non-hydrogen) atoms. The van der Waals surface area contributed by atoms with Crippen molar-refractivity contribution in [2.24, 2.45) is 18.4 Å². The molecule has 1 N–H and O–H groups in total. The average Bonchev–Trinajstić information content (AvgIpc) is 3.14. The van der Waals surface area contributed by atoms with Crippen molar-refractivity contribution in [1.29, 1.82) is 0 Å². The Balaban J connectivity index is 1.57. The molecule has 5 nitrogen and oxygen atoms in total. The third-order valence-corrected chi connectivity index (χ3v) is 6.51. The van der Waals surface area contributed by atoms with Gasteiger partial charge in [-0.1, -0.05) is 13.8 Å². The third kappa shape index (κ3) is 1.80. The molecule has 3 heterocycles. The summed E-state index contributed by atoms with van der Waals surface area (Å²) >= 11 is 1.51. The zero-order valence-electron chi connectivity index (χ0n) is 13.3. The zero-order chi connectivity index (χ0) is 15.6. The molecule has 1 amide bonds. The number of fused-ring (bicyclic) bond motifs is 2. The second-order valence-electron chi connectivity index (χ2n) is 7.05. The van der Waals surface area contributed by atoms with E-state index in [-0.39, 0.29) is 17.4 Å². The first-order chi connectivity index (χ1) is 10.4. The van der Waals surface area contributed by atoms with Gasteiger partial charge in [0.25, 0.3) is 5.91 Å². The highest BCUT2D eigenvalue weighted by molar-refractivity contribution is 7.20. The Labute approximate surface area is 133 Å². The van der Waals surface area contributed by atoms with Gasteiger partial charge in [-0.15, -0.1) is 11.3 Å². The van der Waals surface area contributed by atoms with E-state index in [4.69, 9.17) is 4.74 Å². The summed E-state index contributed by atoms with van der Waals surface area (Å²) in [4.78, 5) is 14.5. The number of hydrogen-bond acceptors (Lipinski definition) is 4. The lowest BCUT2D eigenvalue weighted by atomic mass is 9.57. The summed E-state index contributed by atoms with van der Waals surface area (Å²) in [7, 11) is 1.92. The van der Waals surface area contributed by atoms with Crippen molar-refractivity contribution in [2.45, 2.75) is 39.3 Å². The van der Waals surface area contributed by atoms with Crippen LogP contribution < -0.4 is 5.32 Å². The van der Waals surface area contributed by atoms with Crippen LogP contribution in [0.2, 0.25) is 0 Å². The standard InChI is InChI=1S/C16H21N3O2S/c1-8-10-7-11(22-15(10)19(4)18-8)14(20)17-12-9-5-6-21-13(9)16(12,2)3/h7,9,12-13H,5-6H2,1-4H3,(H,17,20)/t9-,12-,13-/m1/s1. The minimum atomic E-state index is 0.0188. The molecule has 3 atom stereocenters. The van der Waals surface area contributed by atoms with Gasteiger partial charge >= 0.3 is 0 Å². The molecule has 0 radical (unpaired) electrons. The summed E-state index contributed by atoms with van der Waals surface area (Å²) in [5.74, 6) is 0.501. The van der Waals surface area contributed by atoms with Gasteiger partial charge in [0, 0.05) is 36.4 Å². The minimum Gasteiger partial charge on any atom is -0.377 e. The number of rotatable bonds is 2. The van der Waals surface area contributed by atoms with E-state index < -0.39 is 0 Å². The predicted molar refractivity (Wildman–Crippen MR) is 86.2 cm³/mol. The zero-order valence-corrected chi connectivity index (χ0v) is 14.2. The van der Waals surface area contributed by atoms with Crippen LogP contribution in [0.25, 0.3) is 10.2 Å². The van der Waals surface area contributed by atoms with Crippen LogP contribution in [0.5, 0.6) is 0 Å². The first-order valence-electron chi connectivity index (χ1n) is 7.75. The molecule has 2 aromatic rings. The maximum atomic E-state index is 12.6. The van der Waals surface area contributed by atoms with Gasteiger partial charge in [-0.05, 0) is 19.4 Å². The van der Waals surface area contributed by atoms with E-state index in [9.17, 15) is 4.79 Å². The van der Waals surface area contributed by atoms with Crippen molar-refractivity contribution in [3.8, 4) is 0 Å². The number of ether oxygens (including phenoxy) is 1. The van der Waals surface area contributed by atoms with Crippen LogP contribution in [0.1, 0.15) is 35.6 Å². The number of carbonyl (C=O) groups excluding carboxylic acids is 1. The number of thiophene rings is 1. The molecule has 4 rings (SSSR count). The summed E-state index contributed by atoms with van der Waals surface area (Å²) in [6.07, 6.45) is 1.35. The molecule has 1 saturated carbocycles. The topological polar surface area (TPSA) is 56.2 Å². The van der Waals surface area contributed by atoms with Crippen LogP contribution in [-0.4, -0.2) is 34.4 Å². The number of aryl methyl sites for hydroxylation is 2. The number of aromatic nitrogens is 2. The fourth-order valence-corrected chi connectivity index (χ4v) is 5.17. The highest BCUT2D eigenvalue weighted by atomic mass is 32.1. The number of hydrogen-bond donors (Lipinski definition) is 1. The SMILES string of the molecule is Cc1nn(C)c2sc(C(=O)N[C@@H]3[C@H]4CCO[C@H]4C3(C)C)cc12. The van der Waals surface area contributed by atoms with Crippen molar-refractivity contribution in [3.63, 3.8) is 0 Å². The molecule has 6 heteroatoms. The maximum Gasteiger partial charge on any atom is 0.261 e. The molecular formula is C16H21N3O2S. The quantitative estimate of drug-likeness (QED) is 0.925. The Hall–Kier alpha value is -1.40. The molecule has 2 fully saturated rings. The molecule has 118 valence electrons. The summed E-state index contributed by atoms with van der Waals surface area (Å²) in [5, 5.41) is 8.71. The van der Waals surface area contributed by atoms with E-state index in [1.165, 1.54) is 11.3 Å². The first-order valence-corrected chi connectivity index (χ1v) is 8.57. The second kappa shape index (κ2) is 4.55. The average molecular weight is 319 g/mol. The van der Waals surface area contributed by atoms with Crippen LogP contribution in [0.3, 0.4) is 0 Å². The number of carbonyl (C=O) groups is 1. The second-order valence-corrected chi connectivity index (χ2v) is 8.09. The Morgan fingerprint density at radius 1 is 1.55 bits per heavy atom. The van der Waals surface area contributed by atoms with Crippen LogP contribution in [0, 0.1) is 18.3 Å². The molecule has 0 spiro atoms. The van der Waals surface area contributed by atoms with Gasteiger partial charge in [-0.25, -0.2) is 0 Å². The number of nitrogens with zero attached hydrogens (tertiary/aromatic N) is 2. The molecule has 0 unspecified atom stereocenters. The van der Waals surface area contributed by atoms with Crippen LogP contribution in [0.4, 0.5) is 0 Å². The monoisotopic (exact) mass is 319 g/mol. The smallest absolute Gasteiger partial charge is 0.261 e. The summed E-state index contributed by atoms with van der Waals surface area (Å²) < 4.78 is 7.64. The van der Waals surface area contributed by atoms with Crippen molar-refractivity contribution < 1.29 is 9.53 Å². The molecular weight excluding hydrogens is 298 g/mol. The Kier molecular flexibility index (Phi) is 2.94. The van der Waals surface area contributed by atoms with Gasteiger partial charge in [0.15, 0.2) is 0 Å². The third-order valence-electron chi connectivity index (χ3n) is 5.31. The van der Waals surface area contributed by atoms with Gasteiger partial charge < -0.3 is 10.1 Å². The lowest BCUT2D eigenvalue weighted by Crippen LogP contribution is -2.66. The largest absolute Gasteiger partial charge is 0.377 e. The van der Waals surface area contributed by atoms with Gasteiger partial charge in [0.1, 0.15) is 4.83 Å². The van der Waals surface area contributed by atoms with E-state index in [0.717, 1.165) is 33.8 Å². The lowest BCUT2D eigenvalue weighted by Gasteiger charge is -2.54. The van der Waals surface area contributed by atoms with Crippen LogP contribution in [-0.2, 0) is 11.8 Å². The summed E-state index contributed by atoms with van der Waals surface area (Å²) in [5.41, 5.74) is 0.992. The van der Waals surface area contributed by atoms with Crippen molar-refractivity contribution in [2.75, 3.05) is 6.61 Å². The first kappa shape index (κ1) is 14.2. The predicted octanol–water partition coefficient (Wildman–Crippen LogP) is 2.49. The van der Waals surface area contributed by atoms with Crippen LogP contribution >= 0.6 is 11.3 Å². The highest BCUT2D eigenvalue weighted by Gasteiger charge is 2.59. The van der Waals surface area contributed by atoms with Gasteiger partial charge in [-0.2, -0.15) is 5.10 Å². The van der Waals surface area contributed by atoms with Gasteiger partial charge in [-0.3, -0.25) is 9.48 Å². The number of amides is 1. The van der Waals surface area contributed by atoms with Crippen LogP contribution in [0.15, 0.2) is 6.07 Å². The molecule has 0 bridgehead atoms. The van der Waals surface area contributed by atoms with E-state index in [1.54, 1.807) is 0 Å². The molecule has 1 aliphatic heterocycles. The Morgan fingerprint density at radius 3 is 3.05 bits per heavy atom. The highest BCUT2D eigenvalue weighted by Crippen LogP contribution is 2.52. The van der Waals surface area contributed by atoms with E-state index in [2.05, 4.69) is 24.3 Å². The van der Waals surface area contributed by atoms with E-state index in [0.29, 0.717) is 12.0 Å². The van der Waals surface area contributed by atoms with Crippen molar-refractivity contribution >= 4 is 27.5 Å². The van der Waals surface area contributed by atoms with Crippen molar-refractivity contribution in [3.05, 3.63) is 16.6 Å². The minimum absolute atomic E-state index is 0.0188.